The van der Waals surface area contributed by atoms with E-state index in [1.54, 1.807) is 6.07 Å². The van der Waals surface area contributed by atoms with E-state index in [9.17, 15) is 19.8 Å². The van der Waals surface area contributed by atoms with Crippen LogP contribution in [0.3, 0.4) is 0 Å². The summed E-state index contributed by atoms with van der Waals surface area (Å²) in [6.45, 7) is 1.43. The number of hydrogen-bond donors (Lipinski definition) is 1. The first-order valence-corrected chi connectivity index (χ1v) is 3.42. The van der Waals surface area contributed by atoms with Crippen molar-refractivity contribution in [2.45, 2.75) is 25.8 Å². The number of aliphatic carboxylic acids is 2. The van der Waals surface area contributed by atoms with Crippen molar-refractivity contribution >= 4 is 11.9 Å². The quantitative estimate of drug-likeness (QED) is 0.479. The van der Waals surface area contributed by atoms with Gasteiger partial charge in [-0.05, 0) is 12.8 Å². The van der Waals surface area contributed by atoms with E-state index in [1.807, 2.05) is 0 Å². The smallest absolute Gasteiger partial charge is 0.550 e. The summed E-state index contributed by atoms with van der Waals surface area (Å²) in [5.74, 6) is -2.75. The molecule has 0 heterocycles. The molecule has 8 heteroatoms. The molecule has 0 aromatic carbocycles. The molecule has 0 spiro atoms. The number of carbonyl (C=O) groups is 2. The average molecular weight is 232 g/mol. The van der Waals surface area contributed by atoms with Crippen molar-refractivity contribution in [3.8, 4) is 6.07 Å². The van der Waals surface area contributed by atoms with Crippen LogP contribution in [-0.4, -0.2) is 18.0 Å². The van der Waals surface area contributed by atoms with Crippen LogP contribution in [0.25, 0.3) is 0 Å². The summed E-state index contributed by atoms with van der Waals surface area (Å²) in [4.78, 5) is 19.6. The molecule has 15 heavy (non-hydrogen) atoms. The fraction of sp³-hybridized carbons (Fsp3) is 0.571. The molecule has 1 atom stereocenters. The third-order valence-corrected chi connectivity index (χ3v) is 0.962. The monoisotopic (exact) mass is 232 g/mol. The predicted octanol–water partition coefficient (Wildman–Crippen LogP) is -8.87. The van der Waals surface area contributed by atoms with Crippen LogP contribution >= 0.6 is 0 Å². The van der Waals surface area contributed by atoms with E-state index in [1.165, 1.54) is 6.92 Å². The van der Waals surface area contributed by atoms with Crippen LogP contribution in [0.5, 0.6) is 0 Å². The van der Waals surface area contributed by atoms with Crippen LogP contribution in [0.2, 0.25) is 0 Å². The molecule has 0 amide bonds. The molecule has 0 aliphatic rings. The Hall–Kier alpha value is 0.390. The summed E-state index contributed by atoms with van der Waals surface area (Å²) in [7, 11) is 0. The normalized spacial score (nSPS) is 8.87. The van der Waals surface area contributed by atoms with Gasteiger partial charge >= 0.3 is 59.1 Å². The summed E-state index contributed by atoms with van der Waals surface area (Å²) in [6.07, 6.45) is -0.500. The topological polar surface area (TPSA) is 130 Å². The standard InChI is InChI=1S/C5H9NO4.C2H3N.2Na/c6-3(5(9)10)1-2-4(7)8;1-2-3;;/h3H,1-2,6H2,(H,7,8)(H,9,10);1H3;;/q;;2*+1/p-2/t3-;;;/m0.../s1. The number of hydrogen-bond acceptors (Lipinski definition) is 6. The molecular weight excluding hydrogens is 222 g/mol. The minimum atomic E-state index is -1.44. The summed E-state index contributed by atoms with van der Waals surface area (Å²) in [6, 6.07) is 0.540. The maximum atomic E-state index is 9.86. The van der Waals surface area contributed by atoms with Gasteiger partial charge in [-0.15, -0.1) is 0 Å². The minimum Gasteiger partial charge on any atom is -0.550 e. The Bertz CT molecular complexity index is 218. The number of carboxylic acids is 2. The number of carbonyl (C=O) groups excluding carboxylic acids is 2. The van der Waals surface area contributed by atoms with Gasteiger partial charge in [-0.2, -0.15) is 5.26 Å². The van der Waals surface area contributed by atoms with Gasteiger partial charge in [-0.3, -0.25) is 0 Å². The average Bonchev–Trinajstić information content (AvgIpc) is 2.01. The summed E-state index contributed by atoms with van der Waals surface area (Å²) in [5.41, 5.74) is 4.91. The maximum absolute atomic E-state index is 9.86. The van der Waals surface area contributed by atoms with E-state index >= 15 is 0 Å². The maximum Gasteiger partial charge on any atom is 1.00 e. The first kappa shape index (κ1) is 24.6. The number of nitriles is 1. The van der Waals surface area contributed by atoms with Crippen molar-refractivity contribution in [1.82, 2.24) is 0 Å². The third-order valence-electron chi connectivity index (χ3n) is 0.962. The van der Waals surface area contributed by atoms with Gasteiger partial charge in [0.05, 0.1) is 12.0 Å². The fourth-order valence-corrected chi connectivity index (χ4v) is 0.391. The van der Waals surface area contributed by atoms with Crippen LogP contribution in [0.4, 0.5) is 0 Å². The van der Waals surface area contributed by atoms with Gasteiger partial charge in [-0.1, -0.05) is 0 Å². The molecule has 0 saturated carbocycles. The first-order chi connectivity index (χ1) is 5.95. The minimum absolute atomic E-state index is 0. The zero-order valence-corrected chi connectivity index (χ0v) is 13.1. The van der Waals surface area contributed by atoms with E-state index < -0.39 is 18.0 Å². The Morgan fingerprint density at radius 2 is 1.73 bits per heavy atom. The fourth-order valence-electron chi connectivity index (χ4n) is 0.391. The van der Waals surface area contributed by atoms with E-state index in [0.717, 1.165) is 0 Å². The molecular formula is C7H10N2Na2O4. The number of rotatable bonds is 4. The van der Waals surface area contributed by atoms with Crippen molar-refractivity contribution < 1.29 is 78.9 Å². The SMILES string of the molecule is CC#N.N[C@@H](CCC(=O)[O-])C(=O)[O-].[Na+].[Na+]. The molecule has 0 rings (SSSR count). The Morgan fingerprint density at radius 3 is 1.93 bits per heavy atom. The van der Waals surface area contributed by atoms with Crippen LogP contribution in [0.1, 0.15) is 19.8 Å². The van der Waals surface area contributed by atoms with E-state index in [4.69, 9.17) is 11.0 Å². The van der Waals surface area contributed by atoms with Crippen molar-refractivity contribution in [1.29, 1.82) is 5.26 Å². The van der Waals surface area contributed by atoms with Crippen molar-refractivity contribution in [3.05, 3.63) is 0 Å². The Balaban J connectivity index is -0.000000108. The van der Waals surface area contributed by atoms with Gasteiger partial charge < -0.3 is 25.5 Å². The molecule has 0 aliphatic carbocycles. The molecule has 0 saturated heterocycles. The summed E-state index contributed by atoms with van der Waals surface area (Å²) in [5, 5.41) is 26.9. The summed E-state index contributed by atoms with van der Waals surface area (Å²) < 4.78 is 0. The van der Waals surface area contributed by atoms with Gasteiger partial charge in [0.2, 0.25) is 0 Å². The third kappa shape index (κ3) is 25.1. The van der Waals surface area contributed by atoms with Crippen molar-refractivity contribution in [3.63, 3.8) is 0 Å². The van der Waals surface area contributed by atoms with Gasteiger partial charge in [0, 0.05) is 18.9 Å². The van der Waals surface area contributed by atoms with Gasteiger partial charge in [0.1, 0.15) is 0 Å². The zero-order valence-electron chi connectivity index (χ0n) is 9.15. The molecule has 0 aliphatic heterocycles. The first-order valence-electron chi connectivity index (χ1n) is 3.42. The predicted molar refractivity (Wildman–Crippen MR) is 38.5 cm³/mol. The molecule has 74 valence electrons. The zero-order chi connectivity index (χ0) is 10.9. The number of nitrogens with zero attached hydrogens (tertiary/aromatic N) is 1. The Labute approximate surface area is 132 Å². The van der Waals surface area contributed by atoms with Gasteiger partial charge in [0.15, 0.2) is 0 Å². The van der Waals surface area contributed by atoms with Crippen LogP contribution in [-0.2, 0) is 9.59 Å². The molecule has 0 aromatic heterocycles. The second kappa shape index (κ2) is 16.8. The van der Waals surface area contributed by atoms with Crippen molar-refractivity contribution in [2.75, 3.05) is 0 Å². The number of carboxylic acid groups (broad SMARTS) is 2. The van der Waals surface area contributed by atoms with E-state index in [2.05, 4.69) is 0 Å². The van der Waals surface area contributed by atoms with Gasteiger partial charge in [0.25, 0.3) is 0 Å². The van der Waals surface area contributed by atoms with E-state index in [0.29, 0.717) is 0 Å². The largest absolute Gasteiger partial charge is 1.00 e. The van der Waals surface area contributed by atoms with Crippen LogP contribution < -0.4 is 75.1 Å². The van der Waals surface area contributed by atoms with Crippen LogP contribution in [0, 0.1) is 11.3 Å². The molecule has 0 aromatic rings. The van der Waals surface area contributed by atoms with Crippen molar-refractivity contribution in [2.24, 2.45) is 5.73 Å². The van der Waals surface area contributed by atoms with Crippen LogP contribution in [0.15, 0.2) is 0 Å². The molecule has 6 nitrogen and oxygen atoms in total. The molecule has 2 N–H and O–H groups in total. The van der Waals surface area contributed by atoms with Gasteiger partial charge in [-0.25, -0.2) is 0 Å². The van der Waals surface area contributed by atoms with E-state index in [-0.39, 0.29) is 72.0 Å². The summed E-state index contributed by atoms with van der Waals surface area (Å²) >= 11 is 0. The molecule has 0 bridgehead atoms. The molecule has 0 fully saturated rings. The molecule has 0 radical (unpaired) electrons. The molecule has 0 unspecified atom stereocenters. The Kier molecular flexibility index (Phi) is 27.5. The second-order valence-electron chi connectivity index (χ2n) is 2.06. The Morgan fingerprint density at radius 1 is 1.40 bits per heavy atom. The number of nitrogens with two attached hydrogens (primary N) is 1. The second-order valence-corrected chi connectivity index (χ2v) is 2.06.